The summed E-state index contributed by atoms with van der Waals surface area (Å²) in [7, 11) is 1.45. The predicted molar refractivity (Wildman–Crippen MR) is 159 cm³/mol. The summed E-state index contributed by atoms with van der Waals surface area (Å²) < 4.78 is 52.1. The van der Waals surface area contributed by atoms with Gasteiger partial charge in [-0.3, -0.25) is 4.79 Å². The van der Waals surface area contributed by atoms with Crippen LogP contribution in [0.25, 0.3) is 33.3 Å². The molecule has 9 nitrogen and oxygen atoms in total. The highest BCUT2D eigenvalue weighted by Gasteiger charge is 2.44. The maximum atomic E-state index is 15.6. The van der Waals surface area contributed by atoms with Gasteiger partial charge in [-0.05, 0) is 93.5 Å². The van der Waals surface area contributed by atoms with Crippen molar-refractivity contribution >= 4 is 23.0 Å². The summed E-state index contributed by atoms with van der Waals surface area (Å²) in [6.45, 7) is 5.38. The van der Waals surface area contributed by atoms with E-state index in [1.807, 2.05) is 4.90 Å². The lowest BCUT2D eigenvalue weighted by Crippen LogP contribution is -2.53. The molecule has 2 saturated heterocycles. The van der Waals surface area contributed by atoms with Gasteiger partial charge in [0.25, 0.3) is 5.91 Å². The van der Waals surface area contributed by atoms with Crippen molar-refractivity contribution in [1.82, 2.24) is 25.2 Å². The number of nitrogens with zero attached hydrogens (tertiary/aromatic N) is 5. The number of alkyl carbamates (subject to hydrolysis) is 1. The minimum atomic E-state index is -1.14. The molecule has 0 radical (unpaired) electrons. The van der Waals surface area contributed by atoms with Crippen LogP contribution in [0.2, 0.25) is 0 Å². The number of nitrogens with one attached hydrogen (secondary N) is 1. The molecule has 12 heteroatoms. The van der Waals surface area contributed by atoms with Gasteiger partial charge in [-0.2, -0.15) is 5.26 Å². The van der Waals surface area contributed by atoms with Crippen molar-refractivity contribution in [3.63, 3.8) is 0 Å². The number of fused-ring (bicyclic) bond motifs is 3. The van der Waals surface area contributed by atoms with E-state index in [4.69, 9.17) is 4.74 Å². The molecule has 1 aromatic heterocycles. The molecule has 2 unspecified atom stereocenters. The number of nitriles is 1. The topological polar surface area (TPSA) is 113 Å². The monoisotopic (exact) mass is 616 g/mol. The molecule has 2 fully saturated rings. The Morgan fingerprint density at radius 1 is 0.978 bits per heavy atom. The summed E-state index contributed by atoms with van der Waals surface area (Å²) >= 11 is 0. The van der Waals surface area contributed by atoms with E-state index in [-0.39, 0.29) is 68.4 Å². The molecule has 2 amide bonds. The Morgan fingerprint density at radius 3 is 2.33 bits per heavy atom. The minimum Gasteiger partial charge on any atom is -0.444 e. The summed E-state index contributed by atoms with van der Waals surface area (Å²) in [6.07, 6.45) is 2.19. The van der Waals surface area contributed by atoms with Crippen molar-refractivity contribution in [1.29, 1.82) is 5.26 Å². The lowest BCUT2D eigenvalue weighted by atomic mass is 9.90. The molecular weight excluding hydrogens is 585 g/mol. The second-order valence-corrected chi connectivity index (χ2v) is 12.6. The molecule has 2 aliphatic heterocycles. The first-order valence-corrected chi connectivity index (χ1v) is 14.7. The van der Waals surface area contributed by atoms with E-state index in [1.165, 1.54) is 31.3 Å². The van der Waals surface area contributed by atoms with Gasteiger partial charge in [-0.1, -0.05) is 17.3 Å². The van der Waals surface area contributed by atoms with Crippen LogP contribution in [0.1, 0.15) is 62.4 Å². The lowest BCUT2D eigenvalue weighted by Gasteiger charge is -2.39. The summed E-state index contributed by atoms with van der Waals surface area (Å²) in [5.41, 5.74) is 0.142. The maximum Gasteiger partial charge on any atom is 0.407 e. The van der Waals surface area contributed by atoms with Gasteiger partial charge < -0.3 is 15.0 Å². The Kier molecular flexibility index (Phi) is 7.51. The van der Waals surface area contributed by atoms with Crippen LogP contribution in [0.3, 0.4) is 0 Å². The zero-order valence-corrected chi connectivity index (χ0v) is 25.2. The molecule has 1 N–H and O–H groups in total. The molecule has 3 aromatic carbocycles. The number of carbonyl (C=O) groups is 2. The number of ether oxygens (including phenoxy) is 1. The fraction of sp³-hybridized carbons (Fsp3) is 0.364. The summed E-state index contributed by atoms with van der Waals surface area (Å²) in [4.78, 5) is 28.2. The lowest BCUT2D eigenvalue weighted by molar-refractivity contribution is 0.0418. The van der Waals surface area contributed by atoms with Crippen LogP contribution in [-0.2, 0) is 11.8 Å². The molecule has 2 aliphatic rings. The molecule has 0 saturated carbocycles. The first kappa shape index (κ1) is 30.1. The number of aromatic nitrogens is 3. The van der Waals surface area contributed by atoms with Crippen molar-refractivity contribution < 1.29 is 27.5 Å². The molecule has 0 aliphatic carbocycles. The standard InChI is InChI=1S/C33H31F3N6O3/c1-33(2,3)45-32(44)38-20-13-21-8-9-22(14-20)42(21)31(43)18-7-10-23(24(11-18)17-5-6-19(16-37)26(34)12-17)25-15-27-30(29(36)28(25)35)41(4)40-39-27/h5-7,10-12,15,20-22H,8-9,13-14H2,1-4H3,(H,38,44). The van der Waals surface area contributed by atoms with Gasteiger partial charge in [0.2, 0.25) is 0 Å². The van der Waals surface area contributed by atoms with Gasteiger partial charge in [-0.15, -0.1) is 5.10 Å². The van der Waals surface area contributed by atoms with Crippen LogP contribution in [-0.4, -0.2) is 55.6 Å². The zero-order valence-electron chi connectivity index (χ0n) is 25.2. The number of piperidine rings is 1. The summed E-state index contributed by atoms with van der Waals surface area (Å²) in [6, 6.07) is 11.3. The van der Waals surface area contributed by atoms with Crippen molar-refractivity contribution in [2.45, 2.75) is 70.2 Å². The van der Waals surface area contributed by atoms with E-state index in [0.29, 0.717) is 12.8 Å². The van der Waals surface area contributed by atoms with Crippen LogP contribution in [0, 0.1) is 28.8 Å². The Hall–Kier alpha value is -4.92. The van der Waals surface area contributed by atoms with E-state index in [2.05, 4.69) is 15.6 Å². The Balaban J connectivity index is 1.37. The van der Waals surface area contributed by atoms with Crippen LogP contribution in [0.4, 0.5) is 18.0 Å². The molecule has 6 rings (SSSR count). The smallest absolute Gasteiger partial charge is 0.407 e. The van der Waals surface area contributed by atoms with E-state index >= 15 is 8.78 Å². The maximum absolute atomic E-state index is 15.6. The van der Waals surface area contributed by atoms with Crippen molar-refractivity contribution in [3.8, 4) is 28.3 Å². The first-order chi connectivity index (χ1) is 21.3. The van der Waals surface area contributed by atoms with Crippen LogP contribution in [0.5, 0.6) is 0 Å². The summed E-state index contributed by atoms with van der Waals surface area (Å²) in [5, 5.41) is 19.9. The minimum absolute atomic E-state index is 0.103. The number of amides is 2. The number of benzene rings is 3. The van der Waals surface area contributed by atoms with Gasteiger partial charge >= 0.3 is 6.09 Å². The Labute approximate surface area is 257 Å². The zero-order chi connectivity index (χ0) is 32.2. The SMILES string of the molecule is Cn1nnc2cc(-c3ccc(C(=O)N4C5CCC4CC(NC(=O)OC(C)(C)C)C5)cc3-c3ccc(C#N)c(F)c3)c(F)c(F)c21. The number of carbonyl (C=O) groups excluding carboxylic acids is 2. The van der Waals surface area contributed by atoms with Crippen LogP contribution < -0.4 is 5.32 Å². The van der Waals surface area contributed by atoms with Crippen molar-refractivity contribution in [2.75, 3.05) is 0 Å². The second-order valence-electron chi connectivity index (χ2n) is 12.6. The Bertz CT molecular complexity index is 1880. The molecule has 2 bridgehead atoms. The third-order valence-corrected chi connectivity index (χ3v) is 8.42. The molecule has 45 heavy (non-hydrogen) atoms. The molecule has 0 spiro atoms. The van der Waals surface area contributed by atoms with E-state index in [9.17, 15) is 19.2 Å². The van der Waals surface area contributed by atoms with E-state index in [0.717, 1.165) is 23.6 Å². The third kappa shape index (κ3) is 5.59. The number of rotatable bonds is 4. The van der Waals surface area contributed by atoms with E-state index in [1.54, 1.807) is 39.0 Å². The number of hydrogen-bond acceptors (Lipinski definition) is 6. The molecule has 3 heterocycles. The Morgan fingerprint density at radius 2 is 1.69 bits per heavy atom. The normalized spacial score (nSPS) is 19.4. The molecular formula is C33H31F3N6O3. The third-order valence-electron chi connectivity index (χ3n) is 8.42. The van der Waals surface area contributed by atoms with Gasteiger partial charge in [0, 0.05) is 36.3 Å². The van der Waals surface area contributed by atoms with Crippen molar-refractivity contribution in [2.24, 2.45) is 7.05 Å². The van der Waals surface area contributed by atoms with Crippen LogP contribution in [0.15, 0.2) is 42.5 Å². The predicted octanol–water partition coefficient (Wildman–Crippen LogP) is 6.25. The highest BCUT2D eigenvalue weighted by molar-refractivity contribution is 5.99. The van der Waals surface area contributed by atoms with Crippen molar-refractivity contribution in [3.05, 3.63) is 71.0 Å². The quantitative estimate of drug-likeness (QED) is 0.290. The molecule has 4 aromatic rings. The second kappa shape index (κ2) is 11.2. The van der Waals surface area contributed by atoms with Crippen LogP contribution >= 0.6 is 0 Å². The van der Waals surface area contributed by atoms with Gasteiger partial charge in [0.1, 0.15) is 28.5 Å². The average molecular weight is 617 g/mol. The number of hydrogen-bond donors (Lipinski definition) is 1. The number of aryl methyl sites for hydroxylation is 1. The first-order valence-electron chi connectivity index (χ1n) is 14.7. The largest absolute Gasteiger partial charge is 0.444 e. The molecule has 2 atom stereocenters. The fourth-order valence-corrected chi connectivity index (χ4v) is 6.52. The highest BCUT2D eigenvalue weighted by atomic mass is 19.2. The van der Waals surface area contributed by atoms with E-state index < -0.39 is 29.1 Å². The molecule has 232 valence electrons. The average Bonchev–Trinajstić information content (AvgIpc) is 3.48. The summed E-state index contributed by atoms with van der Waals surface area (Å²) in [5.74, 6) is -3.31. The van der Waals surface area contributed by atoms with Gasteiger partial charge in [0.15, 0.2) is 11.6 Å². The fourth-order valence-electron chi connectivity index (χ4n) is 6.52. The number of halogens is 3. The van der Waals surface area contributed by atoms with Gasteiger partial charge in [0.05, 0.1) is 5.56 Å². The van der Waals surface area contributed by atoms with Gasteiger partial charge in [-0.25, -0.2) is 22.6 Å². The highest BCUT2D eigenvalue weighted by Crippen LogP contribution is 2.40.